The van der Waals surface area contributed by atoms with Crippen molar-refractivity contribution in [2.24, 2.45) is 51.2 Å². The third-order valence-electron chi connectivity index (χ3n) is 18.4. The minimum atomic E-state index is -1.24. The number of ketones is 1. The number of amides is 1. The Kier molecular flexibility index (Phi) is 10.5. The second kappa shape index (κ2) is 15.6. The first-order valence-electron chi connectivity index (χ1n) is 24.2. The molecule has 0 aliphatic heterocycles. The summed E-state index contributed by atoms with van der Waals surface area (Å²) < 4.78 is 6.66. The molecule has 4 aromatic carbocycles. The van der Waals surface area contributed by atoms with Crippen LogP contribution in [0.3, 0.4) is 0 Å². The van der Waals surface area contributed by atoms with Crippen LogP contribution in [0.4, 0.5) is 4.79 Å². The van der Waals surface area contributed by atoms with Crippen molar-refractivity contribution >= 4 is 22.6 Å². The van der Waals surface area contributed by atoms with Gasteiger partial charge >= 0.3 is 6.09 Å². The zero-order valence-electron chi connectivity index (χ0n) is 38.1. The lowest BCUT2D eigenvalue weighted by Crippen LogP contribution is -2.67. The van der Waals surface area contributed by atoms with Gasteiger partial charge in [-0.1, -0.05) is 156 Å². The molecular weight excluding hydrogens is 779 g/mol. The van der Waals surface area contributed by atoms with Gasteiger partial charge < -0.3 is 19.8 Å². The summed E-state index contributed by atoms with van der Waals surface area (Å²) in [4.78, 5) is 32.5. The Balaban J connectivity index is 1.05. The molecule has 11 atom stereocenters. The van der Waals surface area contributed by atoms with Crippen LogP contribution < -0.4 is 0 Å². The summed E-state index contributed by atoms with van der Waals surface area (Å²) in [5.74, 6) is 1.33. The van der Waals surface area contributed by atoms with Crippen molar-refractivity contribution in [2.75, 3.05) is 6.54 Å². The predicted molar refractivity (Wildman–Crippen MR) is 251 cm³/mol. The molecule has 2 bridgehead atoms. The van der Waals surface area contributed by atoms with Crippen molar-refractivity contribution in [3.8, 4) is 11.1 Å². The number of nitrogens with zero attached hydrogens (tertiary/aromatic N) is 1. The van der Waals surface area contributed by atoms with Crippen LogP contribution in [-0.2, 0) is 11.3 Å². The van der Waals surface area contributed by atoms with Crippen LogP contribution >= 0.6 is 0 Å². The maximum atomic E-state index is 15.7. The summed E-state index contributed by atoms with van der Waals surface area (Å²) in [6, 6.07) is 32.8. The number of aliphatic hydroxyl groups excluding tert-OH is 1. The standard InChI is InChI=1S/C57H67NO5/c1-37(2)43-23-22-38(3)32-48(43)63-52(61)58(35-41-18-13-17-39-16-9-10-19-44(39)41)36-56(62)29-26-50-54(56,5)28-25-49-53(4)27-24-42(59)33-55(53)30-31-57(49,50)47(34-55)51(60)46-21-12-11-20-45(46)40-14-7-6-8-15-40/h6-21,30-31,34,37-38,42-43,48-50,59,62H,22-29,32-33,35-36H2,1-5H3/t38-,42?,43+,48-,49+,50+,53+,54-,55-,56+,57+/m0/s1. The van der Waals surface area contributed by atoms with E-state index in [1.54, 1.807) is 0 Å². The molecule has 4 saturated carbocycles. The van der Waals surface area contributed by atoms with Gasteiger partial charge in [0.25, 0.3) is 0 Å². The maximum Gasteiger partial charge on any atom is 0.410 e. The Morgan fingerprint density at radius 3 is 2.30 bits per heavy atom. The van der Waals surface area contributed by atoms with E-state index in [2.05, 4.69) is 101 Å². The number of ether oxygens (including phenoxy) is 1. The van der Waals surface area contributed by atoms with Gasteiger partial charge in [0.2, 0.25) is 0 Å². The van der Waals surface area contributed by atoms with Gasteiger partial charge in [0, 0.05) is 33.9 Å². The molecule has 6 heteroatoms. The predicted octanol–water partition coefficient (Wildman–Crippen LogP) is 12.4. The van der Waals surface area contributed by atoms with Gasteiger partial charge in [-0.25, -0.2) is 4.79 Å². The zero-order chi connectivity index (χ0) is 43.9. The van der Waals surface area contributed by atoms with E-state index in [1.165, 1.54) is 0 Å². The molecule has 11 rings (SSSR count). The third kappa shape index (κ3) is 6.54. The molecule has 4 fully saturated rings. The summed E-state index contributed by atoms with van der Waals surface area (Å²) >= 11 is 0. The third-order valence-corrected chi connectivity index (χ3v) is 18.4. The molecule has 1 amide bonds. The highest BCUT2D eigenvalue weighted by atomic mass is 16.6. The summed E-state index contributed by atoms with van der Waals surface area (Å²) in [6.07, 6.45) is 14.3. The number of hydrogen-bond donors (Lipinski definition) is 2. The number of hydrogen-bond acceptors (Lipinski definition) is 5. The Labute approximate surface area is 374 Å². The van der Waals surface area contributed by atoms with Gasteiger partial charge in [-0.2, -0.15) is 0 Å². The van der Waals surface area contributed by atoms with Gasteiger partial charge in [-0.3, -0.25) is 4.79 Å². The highest BCUT2D eigenvalue weighted by molar-refractivity contribution is 6.14. The molecule has 7 aliphatic rings. The van der Waals surface area contributed by atoms with E-state index in [4.69, 9.17) is 4.74 Å². The van der Waals surface area contributed by atoms with E-state index in [-0.39, 0.29) is 41.8 Å². The van der Waals surface area contributed by atoms with Gasteiger partial charge in [-0.15, -0.1) is 0 Å². The molecule has 0 aromatic heterocycles. The molecule has 2 spiro atoms. The second-order valence-electron chi connectivity index (χ2n) is 21.8. The molecule has 4 aromatic rings. The van der Waals surface area contributed by atoms with Crippen molar-refractivity contribution in [1.82, 2.24) is 4.90 Å². The first-order chi connectivity index (χ1) is 30.2. The van der Waals surface area contributed by atoms with Crippen molar-refractivity contribution in [1.29, 1.82) is 0 Å². The molecule has 63 heavy (non-hydrogen) atoms. The maximum absolute atomic E-state index is 15.7. The molecule has 2 N–H and O–H groups in total. The first kappa shape index (κ1) is 42.4. The van der Waals surface area contributed by atoms with Crippen LogP contribution in [0.25, 0.3) is 21.9 Å². The number of fused-ring (bicyclic) bond motifs is 2. The average molecular weight is 846 g/mol. The highest BCUT2D eigenvalue weighted by Gasteiger charge is 2.74. The van der Waals surface area contributed by atoms with Gasteiger partial charge in [0.1, 0.15) is 6.10 Å². The van der Waals surface area contributed by atoms with Crippen LogP contribution in [0.5, 0.6) is 0 Å². The van der Waals surface area contributed by atoms with Crippen molar-refractivity contribution in [3.63, 3.8) is 0 Å². The van der Waals surface area contributed by atoms with E-state index in [9.17, 15) is 15.0 Å². The van der Waals surface area contributed by atoms with Gasteiger partial charge in [-0.05, 0) is 120 Å². The number of rotatable bonds is 9. The van der Waals surface area contributed by atoms with Crippen molar-refractivity contribution in [2.45, 2.75) is 123 Å². The molecule has 7 aliphatic carbocycles. The number of aliphatic hydroxyl groups is 2. The quantitative estimate of drug-likeness (QED) is 0.129. The van der Waals surface area contributed by atoms with E-state index in [1.807, 2.05) is 53.4 Å². The smallest absolute Gasteiger partial charge is 0.410 e. The normalized spacial score (nSPS) is 36.6. The summed E-state index contributed by atoms with van der Waals surface area (Å²) in [5.41, 5.74) is 1.42. The molecule has 330 valence electrons. The summed E-state index contributed by atoms with van der Waals surface area (Å²) in [7, 11) is 0. The van der Waals surface area contributed by atoms with Crippen LogP contribution in [0.2, 0.25) is 0 Å². The molecular formula is C57H67NO5. The number of carbonyl (C=O) groups excluding carboxylic acids is 2. The lowest BCUT2D eigenvalue weighted by molar-refractivity contribution is -0.175. The minimum absolute atomic E-state index is 0.0487. The molecule has 1 unspecified atom stereocenters. The Morgan fingerprint density at radius 1 is 0.794 bits per heavy atom. The molecule has 0 radical (unpaired) electrons. The SMILES string of the molecule is CC(C)[C@H]1CC[C@H](C)C[C@@H]1OC(=O)N(Cc1cccc2ccccc12)C[C@]1(O)CC[C@H]2[C@]34C=C[C@@]5(C=C3C(=O)c3ccccc3-c3ccccc3)CC(O)CC[C@]5(C)[C@H]4CC[C@@]21C. The summed E-state index contributed by atoms with van der Waals surface area (Å²) in [5, 5.41) is 27.1. The number of Topliss-reactive ketones (excluding diaryl/α,β-unsaturated/α-hetero) is 1. The number of carbonyl (C=O) groups is 2. The fourth-order valence-corrected chi connectivity index (χ4v) is 14.9. The lowest BCUT2D eigenvalue weighted by atomic mass is 9.32. The molecule has 0 saturated heterocycles. The minimum Gasteiger partial charge on any atom is -0.446 e. The van der Waals surface area contributed by atoms with E-state index >= 15 is 4.79 Å². The Morgan fingerprint density at radius 2 is 1.49 bits per heavy atom. The Bertz CT molecular complexity index is 2470. The van der Waals surface area contributed by atoms with Crippen LogP contribution in [-0.4, -0.2) is 51.3 Å². The monoisotopic (exact) mass is 846 g/mol. The van der Waals surface area contributed by atoms with E-state index < -0.39 is 27.9 Å². The number of allylic oxidation sites excluding steroid dienone is 4. The average Bonchev–Trinajstić information content (AvgIpc) is 3.55. The first-order valence-corrected chi connectivity index (χ1v) is 24.2. The van der Waals surface area contributed by atoms with Crippen LogP contribution in [0.1, 0.15) is 115 Å². The van der Waals surface area contributed by atoms with E-state index in [0.717, 1.165) is 84.4 Å². The number of benzene rings is 4. The molecule has 6 nitrogen and oxygen atoms in total. The van der Waals surface area contributed by atoms with Crippen LogP contribution in [0, 0.1) is 51.2 Å². The lowest BCUT2D eigenvalue weighted by Gasteiger charge is -2.71. The van der Waals surface area contributed by atoms with Crippen molar-refractivity contribution in [3.05, 3.63) is 132 Å². The largest absolute Gasteiger partial charge is 0.446 e. The van der Waals surface area contributed by atoms with Crippen LogP contribution in [0.15, 0.2) is 121 Å². The second-order valence-corrected chi connectivity index (χ2v) is 21.8. The fourth-order valence-electron chi connectivity index (χ4n) is 14.9. The van der Waals surface area contributed by atoms with E-state index in [0.29, 0.717) is 42.7 Å². The zero-order valence-corrected chi connectivity index (χ0v) is 38.1. The van der Waals surface area contributed by atoms with Crippen molar-refractivity contribution < 1.29 is 24.5 Å². The van der Waals surface area contributed by atoms with Gasteiger partial charge in [0.05, 0.1) is 18.2 Å². The topological polar surface area (TPSA) is 87.1 Å². The highest BCUT2D eigenvalue weighted by Crippen LogP contribution is 2.78. The summed E-state index contributed by atoms with van der Waals surface area (Å²) in [6.45, 7) is 11.9. The fraction of sp³-hybridized carbons (Fsp3) is 0.509. The molecule has 0 heterocycles. The Hall–Kier alpha value is -4.52. The van der Waals surface area contributed by atoms with Gasteiger partial charge in [0.15, 0.2) is 5.78 Å².